The number of nitrogens with one attached hydrogen (secondary N) is 1. The van der Waals surface area contributed by atoms with Crippen LogP contribution >= 0.6 is 0 Å². The van der Waals surface area contributed by atoms with Crippen LogP contribution in [0.3, 0.4) is 0 Å². The smallest absolute Gasteiger partial charge is 0.272 e. The number of ether oxygens (including phenoxy) is 1. The van der Waals surface area contributed by atoms with E-state index < -0.39 is 0 Å². The molecule has 5 heteroatoms. The molecule has 2 unspecified atom stereocenters. The van der Waals surface area contributed by atoms with E-state index in [0.717, 1.165) is 18.5 Å². The molecule has 1 fully saturated rings. The van der Waals surface area contributed by atoms with Gasteiger partial charge in [0.05, 0.1) is 17.1 Å². The number of anilines is 1. The lowest BCUT2D eigenvalue weighted by Gasteiger charge is -2.31. The van der Waals surface area contributed by atoms with Crippen molar-refractivity contribution < 1.29 is 9.66 Å². The fourth-order valence-corrected chi connectivity index (χ4v) is 2.71. The molecule has 0 heterocycles. The Bertz CT molecular complexity index is 462. The van der Waals surface area contributed by atoms with Crippen molar-refractivity contribution in [2.24, 2.45) is 0 Å². The molecule has 0 spiro atoms. The number of benzene rings is 1. The maximum atomic E-state index is 10.8. The predicted molar refractivity (Wildman–Crippen MR) is 74.5 cm³/mol. The highest BCUT2D eigenvalue weighted by Gasteiger charge is 2.24. The summed E-state index contributed by atoms with van der Waals surface area (Å²) in [6, 6.07) is 5.45. The SMILES string of the molecule is COC1CCCCC1Nc1ccc([N+](=O)[O-])c(C)c1. The van der Waals surface area contributed by atoms with Gasteiger partial charge in [0.1, 0.15) is 0 Å². The molecule has 0 amide bonds. The number of rotatable bonds is 4. The van der Waals surface area contributed by atoms with Gasteiger partial charge >= 0.3 is 0 Å². The fraction of sp³-hybridized carbons (Fsp3) is 0.571. The van der Waals surface area contributed by atoms with E-state index in [2.05, 4.69) is 5.32 Å². The molecule has 1 aliphatic rings. The molecule has 0 aliphatic heterocycles. The van der Waals surface area contributed by atoms with Crippen LogP contribution in [0.5, 0.6) is 0 Å². The molecular formula is C14H20N2O3. The van der Waals surface area contributed by atoms with Crippen molar-refractivity contribution in [3.63, 3.8) is 0 Å². The Morgan fingerprint density at radius 1 is 1.37 bits per heavy atom. The third kappa shape index (κ3) is 3.23. The Hall–Kier alpha value is -1.62. The van der Waals surface area contributed by atoms with Gasteiger partial charge < -0.3 is 10.1 Å². The summed E-state index contributed by atoms with van der Waals surface area (Å²) in [5.41, 5.74) is 1.77. The molecule has 1 aromatic rings. The summed E-state index contributed by atoms with van der Waals surface area (Å²) in [4.78, 5) is 10.4. The van der Waals surface area contributed by atoms with Crippen LogP contribution in [0.15, 0.2) is 18.2 Å². The van der Waals surface area contributed by atoms with Gasteiger partial charge in [0.15, 0.2) is 0 Å². The van der Waals surface area contributed by atoms with Gasteiger partial charge in [-0.05, 0) is 31.9 Å². The van der Waals surface area contributed by atoms with Crippen LogP contribution in [0.2, 0.25) is 0 Å². The lowest BCUT2D eigenvalue weighted by atomic mass is 9.92. The summed E-state index contributed by atoms with van der Waals surface area (Å²) in [5.74, 6) is 0. The highest BCUT2D eigenvalue weighted by Crippen LogP contribution is 2.26. The molecule has 0 radical (unpaired) electrons. The van der Waals surface area contributed by atoms with Gasteiger partial charge in [-0.2, -0.15) is 0 Å². The number of hydrogen-bond acceptors (Lipinski definition) is 4. The van der Waals surface area contributed by atoms with Crippen molar-refractivity contribution in [2.75, 3.05) is 12.4 Å². The Labute approximate surface area is 113 Å². The maximum Gasteiger partial charge on any atom is 0.272 e. The lowest BCUT2D eigenvalue weighted by Crippen LogP contribution is -2.37. The second-order valence-electron chi connectivity index (χ2n) is 5.07. The molecule has 19 heavy (non-hydrogen) atoms. The van der Waals surface area contributed by atoms with Crippen molar-refractivity contribution in [3.05, 3.63) is 33.9 Å². The molecule has 2 rings (SSSR count). The van der Waals surface area contributed by atoms with E-state index in [1.165, 1.54) is 12.8 Å². The first-order valence-corrected chi connectivity index (χ1v) is 6.66. The number of nitro groups is 1. The van der Waals surface area contributed by atoms with E-state index in [1.54, 1.807) is 26.2 Å². The summed E-state index contributed by atoms with van der Waals surface area (Å²) >= 11 is 0. The average Bonchev–Trinajstić information content (AvgIpc) is 2.39. The quantitative estimate of drug-likeness (QED) is 0.669. The van der Waals surface area contributed by atoms with E-state index in [9.17, 15) is 10.1 Å². The van der Waals surface area contributed by atoms with Gasteiger partial charge in [-0.25, -0.2) is 0 Å². The first-order valence-electron chi connectivity index (χ1n) is 6.66. The number of nitrogens with zero attached hydrogens (tertiary/aromatic N) is 1. The topological polar surface area (TPSA) is 64.4 Å². The molecule has 0 bridgehead atoms. The van der Waals surface area contributed by atoms with E-state index in [-0.39, 0.29) is 16.7 Å². The van der Waals surface area contributed by atoms with Crippen molar-refractivity contribution in [1.29, 1.82) is 0 Å². The summed E-state index contributed by atoms with van der Waals surface area (Å²) in [5, 5.41) is 14.2. The Morgan fingerprint density at radius 2 is 2.11 bits per heavy atom. The van der Waals surface area contributed by atoms with Crippen LogP contribution in [0.4, 0.5) is 11.4 Å². The van der Waals surface area contributed by atoms with Gasteiger partial charge in [0.2, 0.25) is 0 Å². The first kappa shape index (κ1) is 13.8. The van der Waals surface area contributed by atoms with Crippen LogP contribution in [-0.2, 0) is 4.74 Å². The number of nitro benzene ring substituents is 1. The van der Waals surface area contributed by atoms with E-state index in [4.69, 9.17) is 4.74 Å². The molecule has 1 aliphatic carbocycles. The summed E-state index contributed by atoms with van der Waals surface area (Å²) in [7, 11) is 1.74. The molecule has 2 atom stereocenters. The zero-order valence-electron chi connectivity index (χ0n) is 11.4. The molecule has 5 nitrogen and oxygen atoms in total. The summed E-state index contributed by atoms with van der Waals surface area (Å²) in [6.07, 6.45) is 4.78. The van der Waals surface area contributed by atoms with Crippen molar-refractivity contribution in [2.45, 2.75) is 44.8 Å². The molecule has 1 N–H and O–H groups in total. The second kappa shape index (κ2) is 6.02. The Morgan fingerprint density at radius 3 is 2.74 bits per heavy atom. The minimum Gasteiger partial charge on any atom is -0.380 e. The van der Waals surface area contributed by atoms with Crippen molar-refractivity contribution in [1.82, 2.24) is 0 Å². The third-order valence-electron chi connectivity index (χ3n) is 3.75. The van der Waals surface area contributed by atoms with Crippen LogP contribution in [-0.4, -0.2) is 24.2 Å². The lowest BCUT2D eigenvalue weighted by molar-refractivity contribution is -0.385. The standard InChI is InChI=1S/C14H20N2O3/c1-10-9-11(7-8-13(10)16(17)18)15-12-5-3-4-6-14(12)19-2/h7-9,12,14-15H,3-6H2,1-2H3. The average molecular weight is 264 g/mol. The van der Waals surface area contributed by atoms with E-state index in [0.29, 0.717) is 11.6 Å². The molecule has 0 aromatic heterocycles. The zero-order chi connectivity index (χ0) is 13.8. The Balaban J connectivity index is 2.10. The van der Waals surface area contributed by atoms with Crippen LogP contribution in [0.1, 0.15) is 31.2 Å². The number of hydrogen-bond donors (Lipinski definition) is 1. The number of aryl methyl sites for hydroxylation is 1. The van der Waals surface area contributed by atoms with Crippen molar-refractivity contribution >= 4 is 11.4 Å². The van der Waals surface area contributed by atoms with Crippen molar-refractivity contribution in [3.8, 4) is 0 Å². The largest absolute Gasteiger partial charge is 0.380 e. The minimum absolute atomic E-state index is 0.164. The van der Waals surface area contributed by atoms with E-state index in [1.807, 2.05) is 6.07 Å². The fourth-order valence-electron chi connectivity index (χ4n) is 2.71. The molecule has 0 saturated heterocycles. The third-order valence-corrected chi connectivity index (χ3v) is 3.75. The van der Waals surface area contributed by atoms with E-state index >= 15 is 0 Å². The van der Waals surface area contributed by atoms with Crippen LogP contribution in [0, 0.1) is 17.0 Å². The molecular weight excluding hydrogens is 244 g/mol. The zero-order valence-corrected chi connectivity index (χ0v) is 11.4. The molecule has 1 aromatic carbocycles. The highest BCUT2D eigenvalue weighted by atomic mass is 16.6. The van der Waals surface area contributed by atoms with Gasteiger partial charge in [0.25, 0.3) is 5.69 Å². The van der Waals surface area contributed by atoms with Crippen LogP contribution in [0.25, 0.3) is 0 Å². The monoisotopic (exact) mass is 264 g/mol. The predicted octanol–water partition coefficient (Wildman–Crippen LogP) is 3.27. The maximum absolute atomic E-state index is 10.8. The van der Waals surface area contributed by atoms with Gasteiger partial charge in [0, 0.05) is 24.4 Å². The first-order chi connectivity index (χ1) is 9.11. The Kier molecular flexibility index (Phi) is 4.37. The van der Waals surface area contributed by atoms with Gasteiger partial charge in [-0.3, -0.25) is 10.1 Å². The minimum atomic E-state index is -0.350. The molecule has 104 valence electrons. The molecule has 1 saturated carbocycles. The number of methoxy groups -OCH3 is 1. The van der Waals surface area contributed by atoms with Gasteiger partial charge in [-0.1, -0.05) is 12.8 Å². The summed E-state index contributed by atoms with van der Waals surface area (Å²) < 4.78 is 5.50. The highest BCUT2D eigenvalue weighted by molar-refractivity contribution is 5.54. The summed E-state index contributed by atoms with van der Waals surface area (Å²) in [6.45, 7) is 1.76. The van der Waals surface area contributed by atoms with Gasteiger partial charge in [-0.15, -0.1) is 0 Å². The van der Waals surface area contributed by atoms with Crippen LogP contribution < -0.4 is 5.32 Å². The second-order valence-corrected chi connectivity index (χ2v) is 5.07. The normalized spacial score (nSPS) is 23.1.